The standard InChI is InChI=1S/C25H17ClN2O6/c26-17-4-1-15(2-5-17)13-32-19-8-6-18(7-9-19)28-24(30)20(23(29)27-25(28)31)11-16-3-10-21-22(12-16)34-14-33-21/h1-12H,13-14H2,(H,27,29,31)/b20-11+. The highest BCUT2D eigenvalue weighted by Crippen LogP contribution is 2.33. The van der Waals surface area contributed by atoms with Crippen molar-refractivity contribution in [3.05, 3.63) is 88.5 Å². The summed E-state index contributed by atoms with van der Waals surface area (Å²) < 4.78 is 16.4. The molecule has 170 valence electrons. The normalized spacial score (nSPS) is 16.1. The monoisotopic (exact) mass is 476 g/mol. The number of amides is 4. The molecular formula is C25H17ClN2O6. The molecule has 1 saturated heterocycles. The van der Waals surface area contributed by atoms with Crippen LogP contribution in [0.5, 0.6) is 17.2 Å². The smallest absolute Gasteiger partial charge is 0.335 e. The molecular weight excluding hydrogens is 460 g/mol. The van der Waals surface area contributed by atoms with E-state index in [2.05, 4.69) is 5.32 Å². The molecule has 4 amide bonds. The van der Waals surface area contributed by atoms with Crippen LogP contribution in [0.1, 0.15) is 11.1 Å². The van der Waals surface area contributed by atoms with E-state index in [0.29, 0.717) is 40.1 Å². The molecule has 3 aromatic rings. The molecule has 9 heteroatoms. The molecule has 0 atom stereocenters. The summed E-state index contributed by atoms with van der Waals surface area (Å²) in [5, 5.41) is 2.85. The second kappa shape index (κ2) is 8.92. The summed E-state index contributed by atoms with van der Waals surface area (Å²) in [5.74, 6) is 0.140. The molecule has 0 saturated carbocycles. The fourth-order valence-electron chi connectivity index (χ4n) is 3.50. The SMILES string of the molecule is O=C1NC(=O)N(c2ccc(OCc3ccc(Cl)cc3)cc2)C(=O)/C1=C/c1ccc2c(c1)OCO2. The Hall–Kier alpha value is -4.30. The number of barbiturate groups is 1. The Morgan fingerprint density at radius 3 is 2.44 bits per heavy atom. The number of hydrogen-bond donors (Lipinski definition) is 1. The van der Waals surface area contributed by atoms with Gasteiger partial charge >= 0.3 is 6.03 Å². The van der Waals surface area contributed by atoms with Crippen LogP contribution < -0.4 is 24.4 Å². The number of hydrogen-bond acceptors (Lipinski definition) is 6. The quantitative estimate of drug-likeness (QED) is 0.435. The number of anilines is 1. The average molecular weight is 477 g/mol. The van der Waals surface area contributed by atoms with Gasteiger partial charge in [-0.15, -0.1) is 0 Å². The first kappa shape index (κ1) is 21.5. The number of nitrogens with zero attached hydrogens (tertiary/aromatic N) is 1. The Bertz CT molecular complexity index is 1320. The lowest BCUT2D eigenvalue weighted by Gasteiger charge is -2.26. The Labute approximate surface area is 199 Å². The van der Waals surface area contributed by atoms with Crippen molar-refractivity contribution in [2.45, 2.75) is 6.61 Å². The van der Waals surface area contributed by atoms with Crippen LogP contribution in [0.25, 0.3) is 6.08 Å². The van der Waals surface area contributed by atoms with Gasteiger partial charge in [0.25, 0.3) is 11.8 Å². The lowest BCUT2D eigenvalue weighted by molar-refractivity contribution is -0.122. The van der Waals surface area contributed by atoms with Crippen molar-refractivity contribution in [2.75, 3.05) is 11.7 Å². The molecule has 2 aliphatic rings. The van der Waals surface area contributed by atoms with Crippen LogP contribution in [-0.2, 0) is 16.2 Å². The van der Waals surface area contributed by atoms with E-state index >= 15 is 0 Å². The molecule has 2 heterocycles. The first-order valence-electron chi connectivity index (χ1n) is 10.3. The second-order valence-corrected chi connectivity index (χ2v) is 7.92. The highest BCUT2D eigenvalue weighted by Gasteiger charge is 2.36. The van der Waals surface area contributed by atoms with E-state index in [9.17, 15) is 14.4 Å². The topological polar surface area (TPSA) is 94.2 Å². The van der Waals surface area contributed by atoms with Gasteiger partial charge in [0.05, 0.1) is 5.69 Å². The first-order chi connectivity index (χ1) is 16.5. The van der Waals surface area contributed by atoms with Gasteiger partial charge in [-0.25, -0.2) is 9.69 Å². The van der Waals surface area contributed by atoms with E-state index in [1.54, 1.807) is 54.6 Å². The van der Waals surface area contributed by atoms with Gasteiger partial charge in [0, 0.05) is 5.02 Å². The number of fused-ring (bicyclic) bond motifs is 1. The summed E-state index contributed by atoms with van der Waals surface area (Å²) in [6.07, 6.45) is 1.41. The van der Waals surface area contributed by atoms with E-state index in [4.69, 9.17) is 25.8 Å². The van der Waals surface area contributed by atoms with Gasteiger partial charge in [-0.3, -0.25) is 14.9 Å². The molecule has 0 unspecified atom stereocenters. The van der Waals surface area contributed by atoms with Crippen molar-refractivity contribution in [3.63, 3.8) is 0 Å². The third-order valence-electron chi connectivity index (χ3n) is 5.22. The highest BCUT2D eigenvalue weighted by atomic mass is 35.5. The van der Waals surface area contributed by atoms with Crippen LogP contribution in [0, 0.1) is 0 Å². The predicted octanol–water partition coefficient (Wildman–Crippen LogP) is 4.31. The zero-order valence-electron chi connectivity index (χ0n) is 17.6. The minimum absolute atomic E-state index is 0.108. The Kier molecular flexibility index (Phi) is 5.65. The molecule has 5 rings (SSSR count). The van der Waals surface area contributed by atoms with Crippen molar-refractivity contribution in [2.24, 2.45) is 0 Å². The van der Waals surface area contributed by atoms with Crippen LogP contribution in [0.2, 0.25) is 5.02 Å². The maximum atomic E-state index is 13.1. The summed E-state index contributed by atoms with van der Waals surface area (Å²) >= 11 is 5.89. The number of carbonyl (C=O) groups is 3. The van der Waals surface area contributed by atoms with E-state index in [-0.39, 0.29) is 12.4 Å². The molecule has 0 aromatic heterocycles. The maximum Gasteiger partial charge on any atom is 0.335 e. The zero-order chi connectivity index (χ0) is 23.7. The van der Waals surface area contributed by atoms with Crippen molar-refractivity contribution in [1.29, 1.82) is 0 Å². The minimum Gasteiger partial charge on any atom is -0.489 e. The van der Waals surface area contributed by atoms with Gasteiger partial charge in [-0.05, 0) is 65.7 Å². The largest absolute Gasteiger partial charge is 0.489 e. The number of nitrogens with one attached hydrogen (secondary N) is 1. The number of benzene rings is 3. The van der Waals surface area contributed by atoms with E-state index in [1.807, 2.05) is 12.1 Å². The Morgan fingerprint density at radius 1 is 0.941 bits per heavy atom. The third-order valence-corrected chi connectivity index (χ3v) is 5.47. The fraction of sp³-hybridized carbons (Fsp3) is 0.0800. The van der Waals surface area contributed by atoms with Crippen LogP contribution in [0.15, 0.2) is 72.3 Å². The van der Waals surface area contributed by atoms with Gasteiger partial charge in [0.15, 0.2) is 11.5 Å². The van der Waals surface area contributed by atoms with Gasteiger partial charge in [-0.2, -0.15) is 0 Å². The lowest BCUT2D eigenvalue weighted by Crippen LogP contribution is -2.54. The van der Waals surface area contributed by atoms with Gasteiger partial charge in [-0.1, -0.05) is 29.8 Å². The predicted molar refractivity (Wildman–Crippen MR) is 124 cm³/mol. The summed E-state index contributed by atoms with van der Waals surface area (Å²) in [7, 11) is 0. The highest BCUT2D eigenvalue weighted by molar-refractivity contribution is 6.39. The van der Waals surface area contributed by atoms with Crippen LogP contribution in [-0.4, -0.2) is 24.6 Å². The van der Waals surface area contributed by atoms with Crippen molar-refractivity contribution < 1.29 is 28.6 Å². The van der Waals surface area contributed by atoms with Gasteiger partial charge in [0.1, 0.15) is 17.9 Å². The Balaban J connectivity index is 1.34. The number of halogens is 1. The first-order valence-corrected chi connectivity index (χ1v) is 10.6. The van der Waals surface area contributed by atoms with E-state index in [1.165, 1.54) is 6.08 Å². The third kappa shape index (κ3) is 4.31. The molecule has 0 aliphatic carbocycles. The summed E-state index contributed by atoms with van der Waals surface area (Å²) in [4.78, 5) is 38.8. The van der Waals surface area contributed by atoms with Crippen molar-refractivity contribution >= 4 is 41.2 Å². The summed E-state index contributed by atoms with van der Waals surface area (Å²) in [5.41, 5.74) is 1.62. The van der Waals surface area contributed by atoms with Gasteiger partial charge < -0.3 is 14.2 Å². The van der Waals surface area contributed by atoms with Crippen LogP contribution >= 0.6 is 11.6 Å². The molecule has 8 nitrogen and oxygen atoms in total. The summed E-state index contributed by atoms with van der Waals surface area (Å²) in [6, 6.07) is 17.9. The number of carbonyl (C=O) groups excluding carboxylic acids is 3. The van der Waals surface area contributed by atoms with Crippen molar-refractivity contribution in [3.8, 4) is 17.2 Å². The Morgan fingerprint density at radius 2 is 1.68 bits per heavy atom. The lowest BCUT2D eigenvalue weighted by atomic mass is 10.1. The van der Waals surface area contributed by atoms with E-state index < -0.39 is 17.8 Å². The molecule has 0 bridgehead atoms. The second-order valence-electron chi connectivity index (χ2n) is 7.48. The number of rotatable bonds is 5. The number of urea groups is 1. The molecule has 1 fully saturated rings. The summed E-state index contributed by atoms with van der Waals surface area (Å²) in [6.45, 7) is 0.438. The van der Waals surface area contributed by atoms with Crippen LogP contribution in [0.3, 0.4) is 0 Å². The molecule has 2 aliphatic heterocycles. The maximum absolute atomic E-state index is 13.1. The number of ether oxygens (including phenoxy) is 3. The number of imide groups is 2. The van der Waals surface area contributed by atoms with Crippen LogP contribution in [0.4, 0.5) is 10.5 Å². The zero-order valence-corrected chi connectivity index (χ0v) is 18.4. The molecule has 3 aromatic carbocycles. The molecule has 0 radical (unpaired) electrons. The van der Waals surface area contributed by atoms with E-state index in [0.717, 1.165) is 10.5 Å². The molecule has 1 N–H and O–H groups in total. The fourth-order valence-corrected chi connectivity index (χ4v) is 3.63. The minimum atomic E-state index is -0.826. The molecule has 34 heavy (non-hydrogen) atoms. The van der Waals surface area contributed by atoms with Gasteiger partial charge in [0.2, 0.25) is 6.79 Å². The average Bonchev–Trinajstić information content (AvgIpc) is 3.30. The van der Waals surface area contributed by atoms with Crippen molar-refractivity contribution in [1.82, 2.24) is 5.32 Å². The molecule has 0 spiro atoms.